The maximum Gasteiger partial charge on any atom is 0.189 e. The van der Waals surface area contributed by atoms with Crippen molar-refractivity contribution in [1.29, 1.82) is 0 Å². The van der Waals surface area contributed by atoms with Gasteiger partial charge in [0, 0.05) is 20.7 Å². The van der Waals surface area contributed by atoms with Crippen molar-refractivity contribution in [2.24, 2.45) is 0 Å². The minimum absolute atomic E-state index is 0.218. The molecule has 0 atom stereocenters. The van der Waals surface area contributed by atoms with Crippen LogP contribution in [0.3, 0.4) is 0 Å². The average molecular weight is 485 g/mol. The second-order valence-corrected chi connectivity index (χ2v) is 15.3. The highest BCUT2D eigenvalue weighted by atomic mass is 28.3. The Labute approximate surface area is 206 Å². The molecule has 0 amide bonds. The van der Waals surface area contributed by atoms with Crippen LogP contribution in [-0.2, 0) is 4.74 Å². The Balaban J connectivity index is 2.12. The summed E-state index contributed by atoms with van der Waals surface area (Å²) in [7, 11) is 2.20. The lowest BCUT2D eigenvalue weighted by Gasteiger charge is -2.17. The third-order valence-electron chi connectivity index (χ3n) is 5.11. The van der Waals surface area contributed by atoms with Gasteiger partial charge in [-0.05, 0) is 73.8 Å². The molecular weight excluding hydrogens is 444 g/mol. The molecule has 0 spiro atoms. The van der Waals surface area contributed by atoms with E-state index in [0.29, 0.717) is 18.1 Å². The Bertz CT molecular complexity index is 985. The van der Waals surface area contributed by atoms with Crippen LogP contribution < -0.4 is 18.9 Å². The largest absolute Gasteiger partial charge is 0.497 e. The zero-order valence-electron chi connectivity index (χ0n) is 22.0. The average Bonchev–Trinajstić information content (AvgIpc) is 2.77. The Morgan fingerprint density at radius 1 is 0.853 bits per heavy atom. The maximum atomic E-state index is 5.90. The van der Waals surface area contributed by atoms with Gasteiger partial charge in [0.1, 0.15) is 18.1 Å². The fourth-order valence-corrected chi connectivity index (χ4v) is 3.88. The number of rotatable bonds is 13. The molecule has 0 aromatic heterocycles. The molecular formula is C28H40O5Si. The van der Waals surface area contributed by atoms with Crippen LogP contribution in [0.2, 0.25) is 25.7 Å². The van der Waals surface area contributed by atoms with Crippen LogP contribution in [0.1, 0.15) is 30.5 Å². The van der Waals surface area contributed by atoms with E-state index in [2.05, 4.69) is 39.6 Å². The van der Waals surface area contributed by atoms with Crippen molar-refractivity contribution in [3.8, 4) is 23.0 Å². The van der Waals surface area contributed by atoms with Gasteiger partial charge < -0.3 is 23.7 Å². The second kappa shape index (κ2) is 13.3. The molecule has 0 saturated carbocycles. The Morgan fingerprint density at radius 2 is 1.53 bits per heavy atom. The molecule has 0 fully saturated rings. The summed E-state index contributed by atoms with van der Waals surface area (Å²) in [5.41, 5.74) is 4.21. The number of ether oxygens (including phenoxy) is 5. The Morgan fingerprint density at radius 3 is 2.15 bits per heavy atom. The van der Waals surface area contributed by atoms with E-state index in [9.17, 15) is 0 Å². The van der Waals surface area contributed by atoms with Crippen LogP contribution >= 0.6 is 0 Å². The number of hydrogen-bond donors (Lipinski definition) is 0. The van der Waals surface area contributed by atoms with Gasteiger partial charge in [0.05, 0.1) is 14.2 Å². The first-order valence-corrected chi connectivity index (χ1v) is 15.3. The van der Waals surface area contributed by atoms with Crippen molar-refractivity contribution < 1.29 is 23.7 Å². The molecule has 0 saturated heterocycles. The van der Waals surface area contributed by atoms with Crippen LogP contribution in [0.25, 0.3) is 12.2 Å². The predicted molar refractivity (Wildman–Crippen MR) is 144 cm³/mol. The summed E-state index contributed by atoms with van der Waals surface area (Å²) in [6.07, 6.45) is 6.12. The second-order valence-electron chi connectivity index (χ2n) is 9.72. The van der Waals surface area contributed by atoms with Crippen LogP contribution in [-0.4, -0.2) is 42.3 Å². The molecule has 6 heteroatoms. The van der Waals surface area contributed by atoms with E-state index in [1.54, 1.807) is 14.2 Å². The van der Waals surface area contributed by atoms with E-state index in [1.165, 1.54) is 5.57 Å². The summed E-state index contributed by atoms with van der Waals surface area (Å²) in [4.78, 5) is 0. The number of aryl methyl sites for hydroxylation is 1. The van der Waals surface area contributed by atoms with Gasteiger partial charge in [0.15, 0.2) is 18.3 Å². The third-order valence-corrected chi connectivity index (χ3v) is 6.82. The molecule has 2 aromatic carbocycles. The first-order chi connectivity index (χ1) is 16.1. The molecule has 0 N–H and O–H groups in total. The van der Waals surface area contributed by atoms with Crippen molar-refractivity contribution in [2.75, 3.05) is 34.2 Å². The molecule has 0 aliphatic heterocycles. The molecule has 2 rings (SSSR count). The fraction of sp³-hybridized carbons (Fsp3) is 0.429. The van der Waals surface area contributed by atoms with Gasteiger partial charge in [-0.1, -0.05) is 37.4 Å². The zero-order valence-corrected chi connectivity index (χ0v) is 23.0. The van der Waals surface area contributed by atoms with Gasteiger partial charge in [-0.3, -0.25) is 0 Å². The Hall–Kier alpha value is -2.70. The molecule has 0 unspecified atom stereocenters. The summed E-state index contributed by atoms with van der Waals surface area (Å²) >= 11 is 0. The molecule has 0 aliphatic rings. The highest BCUT2D eigenvalue weighted by Crippen LogP contribution is 2.33. The summed E-state index contributed by atoms with van der Waals surface area (Å²) < 4.78 is 28.5. The van der Waals surface area contributed by atoms with Gasteiger partial charge >= 0.3 is 0 Å². The first kappa shape index (κ1) is 27.5. The molecule has 2 aromatic rings. The number of benzene rings is 2. The van der Waals surface area contributed by atoms with Crippen LogP contribution in [0.4, 0.5) is 0 Å². The normalized spacial score (nSPS) is 11.4. The van der Waals surface area contributed by atoms with Crippen molar-refractivity contribution in [3.63, 3.8) is 0 Å². The number of hydrogen-bond acceptors (Lipinski definition) is 5. The number of allylic oxidation sites excluding steroid dienone is 1. The lowest BCUT2D eigenvalue weighted by molar-refractivity contribution is 0.0201. The maximum absolute atomic E-state index is 5.90. The van der Waals surface area contributed by atoms with E-state index in [4.69, 9.17) is 23.7 Å². The zero-order chi connectivity index (χ0) is 25.1. The van der Waals surface area contributed by atoms with Gasteiger partial charge in [-0.25, -0.2) is 0 Å². The SMILES string of the molecule is COc1cc(/C=C/c2cc(C)c(OCOCC[Si](C)(C)C)c(OC)c2)cc(OCC=C(C)C)c1. The summed E-state index contributed by atoms with van der Waals surface area (Å²) in [5, 5.41) is 0. The third kappa shape index (κ3) is 9.65. The quantitative estimate of drug-likeness (QED) is 0.0987. The highest BCUT2D eigenvalue weighted by Gasteiger charge is 2.13. The van der Waals surface area contributed by atoms with Crippen LogP contribution in [0.5, 0.6) is 23.0 Å². The highest BCUT2D eigenvalue weighted by molar-refractivity contribution is 6.76. The van der Waals surface area contributed by atoms with E-state index in [-0.39, 0.29) is 6.79 Å². The molecule has 0 bridgehead atoms. The van der Waals surface area contributed by atoms with Crippen molar-refractivity contribution in [2.45, 2.75) is 46.5 Å². The van der Waals surface area contributed by atoms with E-state index < -0.39 is 8.07 Å². The Kier molecular flexibility index (Phi) is 10.7. The standard InChI is InChI=1S/C28H40O5Si/c1-21(2)11-12-32-26-17-24(16-25(19-26)29-4)10-9-23-15-22(3)28(27(18-23)30-5)33-20-31-13-14-34(6,7)8/h9-11,15-19H,12-14,20H2,1-8H3/b10-9+. The van der Waals surface area contributed by atoms with E-state index in [0.717, 1.165) is 40.8 Å². The van der Waals surface area contributed by atoms with Gasteiger partial charge in [0.2, 0.25) is 0 Å². The van der Waals surface area contributed by atoms with E-state index in [1.807, 2.05) is 49.4 Å². The van der Waals surface area contributed by atoms with Crippen LogP contribution in [0, 0.1) is 6.92 Å². The lowest BCUT2D eigenvalue weighted by atomic mass is 10.1. The molecule has 0 radical (unpaired) electrons. The van der Waals surface area contributed by atoms with Crippen molar-refractivity contribution in [3.05, 3.63) is 58.7 Å². The fourth-order valence-electron chi connectivity index (χ4n) is 3.13. The predicted octanol–water partition coefficient (Wildman–Crippen LogP) is 7.22. The molecule has 34 heavy (non-hydrogen) atoms. The minimum atomic E-state index is -1.11. The minimum Gasteiger partial charge on any atom is -0.497 e. The first-order valence-electron chi connectivity index (χ1n) is 11.6. The van der Waals surface area contributed by atoms with Gasteiger partial charge in [-0.2, -0.15) is 0 Å². The topological polar surface area (TPSA) is 46.2 Å². The molecule has 5 nitrogen and oxygen atoms in total. The lowest BCUT2D eigenvalue weighted by Crippen LogP contribution is -2.22. The van der Waals surface area contributed by atoms with Gasteiger partial charge in [-0.15, -0.1) is 0 Å². The monoisotopic (exact) mass is 484 g/mol. The smallest absolute Gasteiger partial charge is 0.189 e. The molecule has 0 aliphatic carbocycles. The van der Waals surface area contributed by atoms with Gasteiger partial charge in [0.25, 0.3) is 0 Å². The summed E-state index contributed by atoms with van der Waals surface area (Å²) in [6, 6.07) is 11.0. The van der Waals surface area contributed by atoms with Crippen molar-refractivity contribution in [1.82, 2.24) is 0 Å². The molecule has 186 valence electrons. The van der Waals surface area contributed by atoms with Crippen molar-refractivity contribution >= 4 is 20.2 Å². The number of methoxy groups -OCH3 is 2. The summed E-state index contributed by atoms with van der Waals surface area (Å²) in [6.45, 7) is 14.6. The summed E-state index contributed by atoms with van der Waals surface area (Å²) in [5.74, 6) is 2.91. The van der Waals surface area contributed by atoms with E-state index >= 15 is 0 Å². The molecule has 0 heterocycles. The van der Waals surface area contributed by atoms with Crippen LogP contribution in [0.15, 0.2) is 42.0 Å².